The van der Waals surface area contributed by atoms with Gasteiger partial charge in [0.25, 0.3) is 0 Å². The minimum atomic E-state index is -0.222. The Morgan fingerprint density at radius 1 is 0.714 bits per heavy atom. The highest BCUT2D eigenvalue weighted by atomic mass is 16.5. The maximum Gasteiger partial charge on any atom is 0.120 e. The first-order valence-corrected chi connectivity index (χ1v) is 11.7. The molecule has 0 bridgehead atoms. The molecule has 0 fully saturated rings. The first kappa shape index (κ1) is 24.1. The molecule has 0 radical (unpaired) electrons. The first-order chi connectivity index (χ1) is 16.8. The molecule has 4 aromatic carbocycles. The second-order valence-corrected chi connectivity index (χ2v) is 9.25. The van der Waals surface area contributed by atoms with Crippen molar-refractivity contribution in [2.45, 2.75) is 39.4 Å². The Balaban J connectivity index is 1.39. The minimum absolute atomic E-state index is 0.222. The predicted molar refractivity (Wildman–Crippen MR) is 141 cm³/mol. The van der Waals surface area contributed by atoms with Crippen LogP contribution < -0.4 is 9.47 Å². The molecule has 0 heterocycles. The topological polar surface area (TPSA) is 62.5 Å². The van der Waals surface area contributed by atoms with Crippen molar-refractivity contribution in [3.8, 4) is 17.2 Å². The average molecular weight is 466 g/mol. The van der Waals surface area contributed by atoms with Gasteiger partial charge in [0.15, 0.2) is 0 Å². The first-order valence-electron chi connectivity index (χ1n) is 11.7. The maximum absolute atomic E-state index is 9.62. The molecule has 0 amide bonds. The van der Waals surface area contributed by atoms with Crippen molar-refractivity contribution in [3.05, 3.63) is 125 Å². The van der Waals surface area contributed by atoms with Crippen molar-refractivity contribution in [2.75, 3.05) is 0 Å². The van der Waals surface area contributed by atoms with E-state index in [1.807, 2.05) is 60.7 Å². The van der Waals surface area contributed by atoms with Gasteiger partial charge in [-0.3, -0.25) is 0 Å². The predicted octanol–water partition coefficient (Wildman–Crippen LogP) is 7.26. The van der Waals surface area contributed by atoms with E-state index in [0.717, 1.165) is 39.3 Å². The fourth-order valence-electron chi connectivity index (χ4n) is 3.96. The molecule has 0 atom stereocenters. The van der Waals surface area contributed by atoms with E-state index in [2.05, 4.69) is 38.1 Å². The van der Waals surface area contributed by atoms with Gasteiger partial charge in [-0.05, 0) is 89.3 Å². The molecule has 4 aromatic rings. The van der Waals surface area contributed by atoms with Crippen molar-refractivity contribution in [1.29, 1.82) is 5.41 Å². The standard InChI is InChI=1S/C31H31NO3/c1-22(32)25-10-16-29(17-11-25)34-20-23-6-4-7-24(18-23)21-35-30-9-5-8-27(19-30)31(2,3)26-12-14-28(33)15-13-26/h4-19,32-33H,20-21H2,1-3H3. The summed E-state index contributed by atoms with van der Waals surface area (Å²) in [6.07, 6.45) is 0. The Morgan fingerprint density at radius 3 is 1.94 bits per heavy atom. The molecule has 4 rings (SSSR count). The summed E-state index contributed by atoms with van der Waals surface area (Å²) >= 11 is 0. The number of rotatable bonds is 9. The van der Waals surface area contributed by atoms with E-state index in [-0.39, 0.29) is 11.2 Å². The zero-order valence-corrected chi connectivity index (χ0v) is 20.4. The van der Waals surface area contributed by atoms with Crippen molar-refractivity contribution in [1.82, 2.24) is 0 Å². The lowest BCUT2D eigenvalue weighted by molar-refractivity contribution is 0.299. The lowest BCUT2D eigenvalue weighted by Gasteiger charge is -2.26. The monoisotopic (exact) mass is 465 g/mol. The Morgan fingerprint density at radius 2 is 1.31 bits per heavy atom. The van der Waals surface area contributed by atoms with Crippen LogP contribution in [0.5, 0.6) is 17.2 Å². The third kappa shape index (κ3) is 6.10. The average Bonchev–Trinajstić information content (AvgIpc) is 2.87. The van der Waals surface area contributed by atoms with Gasteiger partial charge < -0.3 is 20.0 Å². The molecule has 0 aliphatic rings. The van der Waals surface area contributed by atoms with E-state index < -0.39 is 0 Å². The number of phenolic OH excluding ortho intramolecular Hbond substituents is 1. The van der Waals surface area contributed by atoms with Gasteiger partial charge in [0.05, 0.1) is 0 Å². The van der Waals surface area contributed by atoms with E-state index in [4.69, 9.17) is 14.9 Å². The summed E-state index contributed by atoms with van der Waals surface area (Å²) in [5.41, 5.74) is 5.63. The third-order valence-corrected chi connectivity index (χ3v) is 6.23. The molecule has 0 spiro atoms. The molecular weight excluding hydrogens is 434 g/mol. The molecular formula is C31H31NO3. The molecule has 0 saturated carbocycles. The molecule has 0 aliphatic heterocycles. The highest BCUT2D eigenvalue weighted by Gasteiger charge is 2.23. The Bertz CT molecular complexity index is 1290. The van der Waals surface area contributed by atoms with Gasteiger partial charge in [-0.25, -0.2) is 0 Å². The smallest absolute Gasteiger partial charge is 0.120 e. The fraction of sp³-hybridized carbons (Fsp3) is 0.194. The lowest BCUT2D eigenvalue weighted by Crippen LogP contribution is -2.18. The fourth-order valence-corrected chi connectivity index (χ4v) is 3.96. The SMILES string of the molecule is CC(=N)c1ccc(OCc2cccc(COc3cccc(C(C)(C)c4ccc(O)cc4)c3)c2)cc1. The van der Waals surface area contributed by atoms with Crippen LogP contribution in [0.4, 0.5) is 0 Å². The molecule has 4 nitrogen and oxygen atoms in total. The van der Waals surface area contributed by atoms with Crippen molar-refractivity contribution in [2.24, 2.45) is 0 Å². The number of aromatic hydroxyl groups is 1. The summed E-state index contributed by atoms with van der Waals surface area (Å²) in [6.45, 7) is 7.04. The molecule has 4 heteroatoms. The van der Waals surface area contributed by atoms with Crippen molar-refractivity contribution in [3.63, 3.8) is 0 Å². The zero-order valence-electron chi connectivity index (χ0n) is 20.4. The number of hydrogen-bond acceptors (Lipinski definition) is 4. The van der Waals surface area contributed by atoms with Gasteiger partial charge in [-0.2, -0.15) is 0 Å². The zero-order chi connectivity index (χ0) is 24.8. The van der Waals surface area contributed by atoms with Crippen LogP contribution in [0.2, 0.25) is 0 Å². The van der Waals surface area contributed by atoms with E-state index in [1.165, 1.54) is 0 Å². The summed E-state index contributed by atoms with van der Waals surface area (Å²) in [7, 11) is 0. The molecule has 35 heavy (non-hydrogen) atoms. The number of phenols is 1. The second-order valence-electron chi connectivity index (χ2n) is 9.25. The minimum Gasteiger partial charge on any atom is -0.508 e. The molecule has 0 aliphatic carbocycles. The van der Waals surface area contributed by atoms with Gasteiger partial charge in [0, 0.05) is 11.1 Å². The summed E-state index contributed by atoms with van der Waals surface area (Å²) in [6, 6.07) is 31.3. The van der Waals surface area contributed by atoms with Crippen LogP contribution >= 0.6 is 0 Å². The quantitative estimate of drug-likeness (QED) is 0.256. The molecule has 178 valence electrons. The molecule has 0 unspecified atom stereocenters. The summed E-state index contributed by atoms with van der Waals surface area (Å²) in [5, 5.41) is 17.3. The maximum atomic E-state index is 9.62. The van der Waals surface area contributed by atoms with Gasteiger partial charge >= 0.3 is 0 Å². The number of nitrogens with one attached hydrogen (secondary N) is 1. The van der Waals surface area contributed by atoms with E-state index in [1.54, 1.807) is 19.1 Å². The Labute approximate surface area is 207 Å². The Hall–Kier alpha value is -4.05. The normalized spacial score (nSPS) is 11.2. The third-order valence-electron chi connectivity index (χ3n) is 6.23. The van der Waals surface area contributed by atoms with E-state index in [0.29, 0.717) is 18.9 Å². The van der Waals surface area contributed by atoms with Crippen molar-refractivity contribution >= 4 is 5.71 Å². The van der Waals surface area contributed by atoms with Crippen LogP contribution in [-0.2, 0) is 18.6 Å². The van der Waals surface area contributed by atoms with Gasteiger partial charge in [0.2, 0.25) is 0 Å². The van der Waals surface area contributed by atoms with Crippen LogP contribution in [0.15, 0.2) is 97.1 Å². The number of benzene rings is 4. The largest absolute Gasteiger partial charge is 0.508 e. The lowest BCUT2D eigenvalue weighted by atomic mass is 9.78. The molecule has 0 aromatic heterocycles. The van der Waals surface area contributed by atoms with Crippen LogP contribution in [0, 0.1) is 5.41 Å². The number of hydrogen-bond donors (Lipinski definition) is 2. The summed E-state index contributed by atoms with van der Waals surface area (Å²) in [4.78, 5) is 0. The van der Waals surface area contributed by atoms with Gasteiger partial charge in [-0.15, -0.1) is 0 Å². The molecule has 0 saturated heterocycles. The van der Waals surface area contributed by atoms with Crippen LogP contribution in [0.25, 0.3) is 0 Å². The second kappa shape index (κ2) is 10.5. The van der Waals surface area contributed by atoms with Crippen molar-refractivity contribution < 1.29 is 14.6 Å². The van der Waals surface area contributed by atoms with Crippen LogP contribution in [0.1, 0.15) is 48.6 Å². The van der Waals surface area contributed by atoms with E-state index in [9.17, 15) is 5.11 Å². The van der Waals surface area contributed by atoms with Gasteiger partial charge in [-0.1, -0.05) is 56.3 Å². The summed E-state index contributed by atoms with van der Waals surface area (Å²) < 4.78 is 12.1. The molecule has 2 N–H and O–H groups in total. The highest BCUT2D eigenvalue weighted by Crippen LogP contribution is 2.34. The van der Waals surface area contributed by atoms with Gasteiger partial charge in [0.1, 0.15) is 30.5 Å². The number of ether oxygens (including phenoxy) is 2. The van der Waals surface area contributed by atoms with Crippen LogP contribution in [-0.4, -0.2) is 10.8 Å². The van der Waals surface area contributed by atoms with Crippen LogP contribution in [0.3, 0.4) is 0 Å². The Kier molecular flexibility index (Phi) is 7.21. The summed E-state index contributed by atoms with van der Waals surface area (Å²) in [5.74, 6) is 1.87. The van der Waals surface area contributed by atoms with E-state index >= 15 is 0 Å². The highest BCUT2D eigenvalue weighted by molar-refractivity contribution is 5.96.